The van der Waals surface area contributed by atoms with Crippen LogP contribution >= 0.6 is 0 Å². The van der Waals surface area contributed by atoms with E-state index in [-0.39, 0.29) is 0 Å². The maximum atomic E-state index is 12.3. The highest BCUT2D eigenvalue weighted by molar-refractivity contribution is 5.99. The molecule has 0 saturated heterocycles. The van der Waals surface area contributed by atoms with Crippen LogP contribution in [-0.2, 0) is 4.74 Å². The first-order chi connectivity index (χ1) is 11.7. The first-order valence-corrected chi connectivity index (χ1v) is 8.01. The standard InChI is InChI=1S/C19H19N3O2/c1-3-22(19(23)24-4-2)18-15-12-8-9-13-16(15)20-17(21-18)14-10-6-5-7-11-14/h5-13H,3-4H2,1-2H3. The Balaban J connectivity index is 2.19. The van der Waals surface area contributed by atoms with Gasteiger partial charge in [-0.05, 0) is 26.0 Å². The molecule has 3 rings (SSSR count). The quantitative estimate of drug-likeness (QED) is 0.719. The molecule has 0 unspecified atom stereocenters. The summed E-state index contributed by atoms with van der Waals surface area (Å²) in [5.41, 5.74) is 1.70. The van der Waals surface area contributed by atoms with Gasteiger partial charge in [0, 0.05) is 17.5 Å². The van der Waals surface area contributed by atoms with Gasteiger partial charge in [-0.1, -0.05) is 42.5 Å². The van der Waals surface area contributed by atoms with Crippen molar-refractivity contribution in [2.45, 2.75) is 13.8 Å². The second-order valence-corrected chi connectivity index (χ2v) is 5.20. The van der Waals surface area contributed by atoms with Crippen LogP contribution in [0.1, 0.15) is 13.8 Å². The van der Waals surface area contributed by atoms with E-state index in [1.807, 2.05) is 61.5 Å². The summed E-state index contributed by atoms with van der Waals surface area (Å²) in [7, 11) is 0. The SMILES string of the molecule is CCOC(=O)N(CC)c1nc(-c2ccccc2)nc2ccccc12. The zero-order valence-corrected chi connectivity index (χ0v) is 13.8. The van der Waals surface area contributed by atoms with E-state index in [0.29, 0.717) is 24.8 Å². The molecule has 1 heterocycles. The van der Waals surface area contributed by atoms with Crippen LogP contribution < -0.4 is 4.90 Å². The molecule has 0 saturated carbocycles. The predicted molar refractivity (Wildman–Crippen MR) is 95.0 cm³/mol. The number of ether oxygens (including phenoxy) is 1. The Labute approximate surface area is 140 Å². The Kier molecular flexibility index (Phi) is 4.70. The molecule has 0 aliphatic heterocycles. The predicted octanol–water partition coefficient (Wildman–Crippen LogP) is 4.28. The van der Waals surface area contributed by atoms with E-state index in [1.165, 1.54) is 0 Å². The zero-order chi connectivity index (χ0) is 16.9. The monoisotopic (exact) mass is 321 g/mol. The highest BCUT2D eigenvalue weighted by atomic mass is 16.6. The summed E-state index contributed by atoms with van der Waals surface area (Å²) in [6, 6.07) is 17.4. The van der Waals surface area contributed by atoms with Crippen LogP contribution in [0.5, 0.6) is 0 Å². The number of hydrogen-bond acceptors (Lipinski definition) is 4. The van der Waals surface area contributed by atoms with E-state index in [4.69, 9.17) is 4.74 Å². The number of amides is 1. The van der Waals surface area contributed by atoms with Gasteiger partial charge >= 0.3 is 6.09 Å². The van der Waals surface area contributed by atoms with Gasteiger partial charge in [-0.15, -0.1) is 0 Å². The lowest BCUT2D eigenvalue weighted by Crippen LogP contribution is -2.32. The largest absolute Gasteiger partial charge is 0.449 e. The van der Waals surface area contributed by atoms with Gasteiger partial charge < -0.3 is 4.74 Å². The number of anilines is 1. The van der Waals surface area contributed by atoms with E-state index in [9.17, 15) is 4.79 Å². The van der Waals surface area contributed by atoms with Gasteiger partial charge in [0.1, 0.15) is 5.82 Å². The molecule has 0 bridgehead atoms. The Hall–Kier alpha value is -2.95. The number of hydrogen-bond donors (Lipinski definition) is 0. The average Bonchev–Trinajstić information content (AvgIpc) is 2.63. The molecular formula is C19H19N3O2. The van der Waals surface area contributed by atoms with Gasteiger partial charge in [0.2, 0.25) is 0 Å². The van der Waals surface area contributed by atoms with Crippen molar-refractivity contribution in [3.05, 3.63) is 54.6 Å². The molecule has 0 spiro atoms. The number of aromatic nitrogens is 2. The van der Waals surface area contributed by atoms with Gasteiger partial charge in [0.15, 0.2) is 5.82 Å². The van der Waals surface area contributed by atoms with Crippen molar-refractivity contribution in [2.75, 3.05) is 18.1 Å². The van der Waals surface area contributed by atoms with Crippen molar-refractivity contribution in [1.29, 1.82) is 0 Å². The fourth-order valence-electron chi connectivity index (χ4n) is 2.55. The summed E-state index contributed by atoms with van der Waals surface area (Å²) in [6.07, 6.45) is -0.400. The molecule has 0 fully saturated rings. The number of carbonyl (C=O) groups excluding carboxylic acids is 1. The van der Waals surface area contributed by atoms with Crippen molar-refractivity contribution in [1.82, 2.24) is 9.97 Å². The summed E-state index contributed by atoms with van der Waals surface area (Å²) in [6.45, 7) is 4.48. The fraction of sp³-hybridized carbons (Fsp3) is 0.211. The van der Waals surface area contributed by atoms with Crippen molar-refractivity contribution in [3.8, 4) is 11.4 Å². The van der Waals surface area contributed by atoms with E-state index < -0.39 is 6.09 Å². The van der Waals surface area contributed by atoms with E-state index in [0.717, 1.165) is 16.5 Å². The van der Waals surface area contributed by atoms with Crippen LogP contribution in [0.25, 0.3) is 22.3 Å². The van der Waals surface area contributed by atoms with Gasteiger partial charge in [0.25, 0.3) is 0 Å². The molecule has 0 N–H and O–H groups in total. The van der Waals surface area contributed by atoms with Gasteiger partial charge in [0.05, 0.1) is 12.1 Å². The third-order valence-corrected chi connectivity index (χ3v) is 3.68. The molecule has 5 nitrogen and oxygen atoms in total. The summed E-state index contributed by atoms with van der Waals surface area (Å²) in [5.74, 6) is 1.16. The first-order valence-electron chi connectivity index (χ1n) is 8.01. The van der Waals surface area contributed by atoms with Crippen LogP contribution in [0, 0.1) is 0 Å². The van der Waals surface area contributed by atoms with Crippen molar-refractivity contribution < 1.29 is 9.53 Å². The Bertz CT molecular complexity index is 850. The summed E-state index contributed by atoms with van der Waals surface area (Å²) < 4.78 is 5.17. The Morgan fingerprint density at radius 3 is 2.42 bits per heavy atom. The summed E-state index contributed by atoms with van der Waals surface area (Å²) in [5, 5.41) is 0.826. The topological polar surface area (TPSA) is 55.3 Å². The van der Waals surface area contributed by atoms with Crippen LogP contribution in [0.3, 0.4) is 0 Å². The average molecular weight is 321 g/mol. The minimum atomic E-state index is -0.400. The lowest BCUT2D eigenvalue weighted by Gasteiger charge is -2.21. The number of nitrogens with zero attached hydrogens (tertiary/aromatic N) is 3. The van der Waals surface area contributed by atoms with Crippen molar-refractivity contribution >= 4 is 22.8 Å². The molecule has 3 aromatic rings. The highest BCUT2D eigenvalue weighted by Crippen LogP contribution is 2.27. The third-order valence-electron chi connectivity index (χ3n) is 3.68. The van der Waals surface area contributed by atoms with Crippen molar-refractivity contribution in [3.63, 3.8) is 0 Å². The zero-order valence-electron chi connectivity index (χ0n) is 13.8. The Morgan fingerprint density at radius 2 is 1.71 bits per heavy atom. The van der Waals surface area contributed by atoms with Gasteiger partial charge in [-0.3, -0.25) is 4.90 Å². The molecule has 0 atom stereocenters. The number of benzene rings is 2. The highest BCUT2D eigenvalue weighted by Gasteiger charge is 2.20. The fourth-order valence-corrected chi connectivity index (χ4v) is 2.55. The van der Waals surface area contributed by atoms with Gasteiger partial charge in [-0.25, -0.2) is 14.8 Å². The molecule has 24 heavy (non-hydrogen) atoms. The molecule has 0 aliphatic carbocycles. The minimum absolute atomic E-state index is 0.323. The summed E-state index contributed by atoms with van der Waals surface area (Å²) in [4.78, 5) is 23.1. The van der Waals surface area contributed by atoms with Crippen LogP contribution in [0.2, 0.25) is 0 Å². The van der Waals surface area contributed by atoms with Gasteiger partial charge in [-0.2, -0.15) is 0 Å². The maximum absolute atomic E-state index is 12.3. The maximum Gasteiger partial charge on any atom is 0.415 e. The van der Waals surface area contributed by atoms with Crippen LogP contribution in [0.15, 0.2) is 54.6 Å². The first kappa shape index (κ1) is 15.9. The molecular weight excluding hydrogens is 302 g/mol. The summed E-state index contributed by atoms with van der Waals surface area (Å²) >= 11 is 0. The van der Waals surface area contributed by atoms with E-state index in [1.54, 1.807) is 11.8 Å². The normalized spacial score (nSPS) is 10.6. The van der Waals surface area contributed by atoms with E-state index in [2.05, 4.69) is 9.97 Å². The molecule has 1 aromatic heterocycles. The third kappa shape index (κ3) is 3.06. The number of carbonyl (C=O) groups is 1. The molecule has 1 amide bonds. The molecule has 122 valence electrons. The van der Waals surface area contributed by atoms with Crippen molar-refractivity contribution in [2.24, 2.45) is 0 Å². The number of para-hydroxylation sites is 1. The molecule has 2 aromatic carbocycles. The molecule has 0 aliphatic rings. The lowest BCUT2D eigenvalue weighted by molar-refractivity contribution is 0.160. The number of fused-ring (bicyclic) bond motifs is 1. The second-order valence-electron chi connectivity index (χ2n) is 5.20. The Morgan fingerprint density at radius 1 is 1.00 bits per heavy atom. The second kappa shape index (κ2) is 7.08. The van der Waals surface area contributed by atoms with E-state index >= 15 is 0 Å². The minimum Gasteiger partial charge on any atom is -0.449 e. The molecule has 0 radical (unpaired) electrons. The number of rotatable bonds is 4. The van der Waals surface area contributed by atoms with Crippen LogP contribution in [-0.4, -0.2) is 29.2 Å². The van der Waals surface area contributed by atoms with Crippen LogP contribution in [0.4, 0.5) is 10.6 Å². The lowest BCUT2D eigenvalue weighted by atomic mass is 10.2. The molecule has 5 heteroatoms. The smallest absolute Gasteiger partial charge is 0.415 e.